The maximum absolute atomic E-state index is 11.1. The second-order valence-corrected chi connectivity index (χ2v) is 5.87. The van der Waals surface area contributed by atoms with E-state index < -0.39 is 9.73 Å². The number of hydrogen-bond acceptors (Lipinski definition) is 5. The summed E-state index contributed by atoms with van der Waals surface area (Å²) in [6.07, 6.45) is 4.84. The van der Waals surface area contributed by atoms with Crippen LogP contribution in [0.5, 0.6) is 0 Å². The SMILES string of the molecule is C.CS(=N)(=O)c1ccc(N)cc1.Cc1ncccn1. The summed E-state index contributed by atoms with van der Waals surface area (Å²) in [6.45, 7) is 1.86. The Hall–Kier alpha value is -1.95. The molecule has 1 unspecified atom stereocenters. The Morgan fingerprint density at radius 1 is 1.16 bits per heavy atom. The predicted octanol–water partition coefficient (Wildman–Crippen LogP) is 2.73. The molecule has 1 atom stereocenters. The minimum atomic E-state index is -2.58. The van der Waals surface area contributed by atoms with Crippen molar-refractivity contribution in [2.75, 3.05) is 12.0 Å². The molecule has 0 bridgehead atoms. The summed E-state index contributed by atoms with van der Waals surface area (Å²) in [4.78, 5) is 8.26. The van der Waals surface area contributed by atoms with Gasteiger partial charge in [-0.25, -0.2) is 19.0 Å². The number of nitrogen functional groups attached to an aromatic ring is 1. The van der Waals surface area contributed by atoms with Gasteiger partial charge in [0.25, 0.3) is 0 Å². The third-order valence-electron chi connectivity index (χ3n) is 2.02. The van der Waals surface area contributed by atoms with E-state index in [1.807, 2.05) is 6.92 Å². The standard InChI is InChI=1S/C7H10N2OS.C5H6N2.CH4/c1-11(9,10)7-4-2-6(8)3-5-7;1-5-6-3-2-4-7-5;/h2-5,9H,8H2,1H3;2-4H,1H3;1H4. The fourth-order valence-corrected chi connectivity index (χ4v) is 1.76. The normalized spacial score (nSPS) is 12.3. The van der Waals surface area contributed by atoms with E-state index in [9.17, 15) is 4.21 Å². The molecular weight excluding hydrogens is 260 g/mol. The molecule has 0 saturated carbocycles. The van der Waals surface area contributed by atoms with Gasteiger partial charge >= 0.3 is 0 Å². The molecule has 5 nitrogen and oxygen atoms in total. The first-order valence-electron chi connectivity index (χ1n) is 5.22. The topological polar surface area (TPSA) is 92.7 Å². The third-order valence-corrected chi connectivity index (χ3v) is 3.20. The van der Waals surface area contributed by atoms with Gasteiger partial charge in [0, 0.05) is 29.2 Å². The molecule has 0 aliphatic carbocycles. The summed E-state index contributed by atoms with van der Waals surface area (Å²) in [7, 11) is -2.58. The lowest BCUT2D eigenvalue weighted by atomic mass is 10.3. The molecular formula is C13H20N4OS. The first kappa shape index (κ1) is 17.1. The summed E-state index contributed by atoms with van der Waals surface area (Å²) in [6, 6.07) is 8.32. The van der Waals surface area contributed by atoms with Gasteiger partial charge in [0.05, 0.1) is 9.73 Å². The highest BCUT2D eigenvalue weighted by molar-refractivity contribution is 7.91. The van der Waals surface area contributed by atoms with Crippen LogP contribution < -0.4 is 5.73 Å². The second kappa shape index (κ2) is 7.48. The highest BCUT2D eigenvalue weighted by Crippen LogP contribution is 2.11. The van der Waals surface area contributed by atoms with Gasteiger partial charge < -0.3 is 5.73 Å². The quantitative estimate of drug-likeness (QED) is 0.785. The molecule has 19 heavy (non-hydrogen) atoms. The van der Waals surface area contributed by atoms with E-state index in [0.29, 0.717) is 10.6 Å². The minimum Gasteiger partial charge on any atom is -0.399 e. The molecule has 0 radical (unpaired) electrons. The Labute approximate surface area is 114 Å². The van der Waals surface area contributed by atoms with Crippen LogP contribution in [0.15, 0.2) is 47.6 Å². The largest absolute Gasteiger partial charge is 0.399 e. The van der Waals surface area contributed by atoms with Gasteiger partial charge in [0.1, 0.15) is 5.82 Å². The number of rotatable bonds is 1. The summed E-state index contributed by atoms with van der Waals surface area (Å²) < 4.78 is 18.4. The van der Waals surface area contributed by atoms with E-state index in [0.717, 1.165) is 5.82 Å². The van der Waals surface area contributed by atoms with E-state index in [1.54, 1.807) is 42.7 Å². The van der Waals surface area contributed by atoms with Crippen molar-refractivity contribution in [3.8, 4) is 0 Å². The lowest BCUT2D eigenvalue weighted by Gasteiger charge is -1.99. The summed E-state index contributed by atoms with van der Waals surface area (Å²) in [5.41, 5.74) is 6.04. The van der Waals surface area contributed by atoms with Gasteiger partial charge in [-0.15, -0.1) is 0 Å². The van der Waals surface area contributed by atoms with E-state index >= 15 is 0 Å². The number of nitrogens with one attached hydrogen (secondary N) is 1. The zero-order valence-corrected chi connectivity index (χ0v) is 11.1. The maximum Gasteiger partial charge on any atom is 0.125 e. The van der Waals surface area contributed by atoms with Crippen molar-refractivity contribution in [2.24, 2.45) is 0 Å². The monoisotopic (exact) mass is 280 g/mol. The maximum atomic E-state index is 11.1. The number of anilines is 1. The summed E-state index contributed by atoms with van der Waals surface area (Å²) in [5.74, 6) is 0.822. The molecule has 0 aliphatic heterocycles. The van der Waals surface area contributed by atoms with Gasteiger partial charge in [0.2, 0.25) is 0 Å². The molecule has 104 valence electrons. The number of aryl methyl sites for hydroxylation is 1. The van der Waals surface area contributed by atoms with Crippen LogP contribution in [0.2, 0.25) is 0 Å². The van der Waals surface area contributed by atoms with Crippen LogP contribution in [0.4, 0.5) is 5.69 Å². The fraction of sp³-hybridized carbons (Fsp3) is 0.231. The van der Waals surface area contributed by atoms with Crippen molar-refractivity contribution in [1.29, 1.82) is 4.78 Å². The molecule has 1 heterocycles. The zero-order chi connectivity index (χ0) is 13.6. The van der Waals surface area contributed by atoms with Gasteiger partial charge in [-0.05, 0) is 37.3 Å². The molecule has 2 aromatic rings. The zero-order valence-electron chi connectivity index (χ0n) is 10.3. The Morgan fingerprint density at radius 3 is 1.95 bits per heavy atom. The Kier molecular flexibility index (Phi) is 6.71. The van der Waals surface area contributed by atoms with Crippen LogP contribution in [0, 0.1) is 11.7 Å². The first-order chi connectivity index (χ1) is 8.39. The minimum absolute atomic E-state index is 0. The number of benzene rings is 1. The molecule has 1 aromatic carbocycles. The summed E-state index contributed by atoms with van der Waals surface area (Å²) >= 11 is 0. The van der Waals surface area contributed by atoms with Gasteiger partial charge in [-0.2, -0.15) is 0 Å². The number of hydrogen-bond donors (Lipinski definition) is 2. The predicted molar refractivity (Wildman–Crippen MR) is 79.4 cm³/mol. The molecule has 1 aromatic heterocycles. The van der Waals surface area contributed by atoms with Crippen LogP contribution in [0.25, 0.3) is 0 Å². The molecule has 6 heteroatoms. The average Bonchev–Trinajstić information content (AvgIpc) is 2.30. The molecule has 0 saturated heterocycles. The van der Waals surface area contributed by atoms with Gasteiger partial charge in [-0.3, -0.25) is 0 Å². The van der Waals surface area contributed by atoms with E-state index in [-0.39, 0.29) is 7.43 Å². The molecule has 0 spiro atoms. The van der Waals surface area contributed by atoms with Crippen molar-refractivity contribution in [3.63, 3.8) is 0 Å². The van der Waals surface area contributed by atoms with Crippen LogP contribution in [-0.4, -0.2) is 20.4 Å². The number of nitrogens with zero attached hydrogens (tertiary/aromatic N) is 2. The first-order valence-corrected chi connectivity index (χ1v) is 7.19. The second-order valence-electron chi connectivity index (χ2n) is 3.71. The van der Waals surface area contributed by atoms with E-state index in [1.165, 1.54) is 6.26 Å². The van der Waals surface area contributed by atoms with Crippen LogP contribution in [0.1, 0.15) is 13.3 Å². The molecule has 0 amide bonds. The molecule has 3 N–H and O–H groups in total. The van der Waals surface area contributed by atoms with E-state index in [2.05, 4.69) is 9.97 Å². The smallest absolute Gasteiger partial charge is 0.125 e. The van der Waals surface area contributed by atoms with Crippen LogP contribution >= 0.6 is 0 Å². The van der Waals surface area contributed by atoms with Crippen molar-refractivity contribution in [2.45, 2.75) is 19.2 Å². The van der Waals surface area contributed by atoms with Crippen molar-refractivity contribution >= 4 is 15.4 Å². The fourth-order valence-electron chi connectivity index (χ4n) is 1.10. The number of aromatic nitrogens is 2. The van der Waals surface area contributed by atoms with Crippen LogP contribution in [-0.2, 0) is 9.73 Å². The average molecular weight is 280 g/mol. The Balaban J connectivity index is 0.000000352. The Bertz CT molecular complexity index is 580. The van der Waals surface area contributed by atoms with Crippen molar-refractivity contribution in [3.05, 3.63) is 48.5 Å². The number of nitrogens with two attached hydrogens (primary N) is 1. The van der Waals surface area contributed by atoms with Crippen LogP contribution in [0.3, 0.4) is 0 Å². The van der Waals surface area contributed by atoms with Gasteiger partial charge in [0.15, 0.2) is 0 Å². The molecule has 2 rings (SSSR count). The molecule has 0 fully saturated rings. The molecule has 0 aliphatic rings. The third kappa shape index (κ3) is 6.52. The lowest BCUT2D eigenvalue weighted by molar-refractivity contribution is 0.679. The van der Waals surface area contributed by atoms with E-state index in [4.69, 9.17) is 10.5 Å². The van der Waals surface area contributed by atoms with Gasteiger partial charge in [-0.1, -0.05) is 7.43 Å². The van der Waals surface area contributed by atoms with Crippen molar-refractivity contribution in [1.82, 2.24) is 9.97 Å². The summed E-state index contributed by atoms with van der Waals surface area (Å²) in [5, 5.41) is 0. The van der Waals surface area contributed by atoms with Crippen molar-refractivity contribution < 1.29 is 4.21 Å². The highest BCUT2D eigenvalue weighted by Gasteiger charge is 2.00. The Morgan fingerprint density at radius 2 is 1.63 bits per heavy atom. The highest BCUT2D eigenvalue weighted by atomic mass is 32.2. The lowest BCUT2D eigenvalue weighted by Crippen LogP contribution is -1.94.